The SMILES string of the molecule is O=C(NCC1CCCC1O)Nc1cccc(Cl)c1. The molecule has 1 aromatic rings. The molecule has 1 aliphatic rings. The fourth-order valence-corrected chi connectivity index (χ4v) is 2.41. The van der Waals surface area contributed by atoms with Gasteiger partial charge in [-0.25, -0.2) is 4.79 Å². The van der Waals surface area contributed by atoms with Crippen molar-refractivity contribution in [2.75, 3.05) is 11.9 Å². The van der Waals surface area contributed by atoms with Crippen LogP contribution < -0.4 is 10.6 Å². The Morgan fingerprint density at radius 1 is 1.44 bits per heavy atom. The van der Waals surface area contributed by atoms with E-state index in [1.165, 1.54) is 0 Å². The molecule has 0 bridgehead atoms. The summed E-state index contributed by atoms with van der Waals surface area (Å²) in [6.07, 6.45) is 2.56. The van der Waals surface area contributed by atoms with Gasteiger partial charge in [-0.05, 0) is 31.0 Å². The molecule has 2 unspecified atom stereocenters. The normalized spacial score (nSPS) is 22.8. The van der Waals surface area contributed by atoms with Crippen LogP contribution in [0.15, 0.2) is 24.3 Å². The third kappa shape index (κ3) is 3.62. The lowest BCUT2D eigenvalue weighted by Gasteiger charge is -2.15. The Labute approximate surface area is 111 Å². The maximum absolute atomic E-state index is 11.6. The number of aliphatic hydroxyl groups is 1. The van der Waals surface area contributed by atoms with Gasteiger partial charge in [0, 0.05) is 23.2 Å². The number of nitrogens with one attached hydrogen (secondary N) is 2. The fourth-order valence-electron chi connectivity index (χ4n) is 2.22. The first kappa shape index (κ1) is 13.2. The number of carbonyl (C=O) groups excluding carboxylic acids is 1. The summed E-state index contributed by atoms with van der Waals surface area (Å²) < 4.78 is 0. The van der Waals surface area contributed by atoms with Gasteiger partial charge in [0.2, 0.25) is 0 Å². The second-order valence-corrected chi connectivity index (χ2v) is 5.04. The van der Waals surface area contributed by atoms with Gasteiger partial charge in [0.1, 0.15) is 0 Å². The lowest BCUT2D eigenvalue weighted by Crippen LogP contribution is -2.35. The number of hydrogen-bond acceptors (Lipinski definition) is 2. The second-order valence-electron chi connectivity index (χ2n) is 4.60. The van der Waals surface area contributed by atoms with Crippen LogP contribution in [-0.4, -0.2) is 23.8 Å². The van der Waals surface area contributed by atoms with Crippen molar-refractivity contribution in [1.82, 2.24) is 5.32 Å². The van der Waals surface area contributed by atoms with E-state index in [9.17, 15) is 9.90 Å². The van der Waals surface area contributed by atoms with Crippen molar-refractivity contribution in [1.29, 1.82) is 0 Å². The molecular weight excluding hydrogens is 252 g/mol. The van der Waals surface area contributed by atoms with Gasteiger partial charge < -0.3 is 15.7 Å². The minimum Gasteiger partial charge on any atom is -0.393 e. The standard InChI is InChI=1S/C13H17ClN2O2/c14-10-4-2-5-11(7-10)16-13(18)15-8-9-3-1-6-12(9)17/h2,4-5,7,9,12,17H,1,3,6,8H2,(H2,15,16,18). The van der Waals surface area contributed by atoms with E-state index in [2.05, 4.69) is 10.6 Å². The summed E-state index contributed by atoms with van der Waals surface area (Å²) in [6, 6.07) is 6.72. The monoisotopic (exact) mass is 268 g/mol. The highest BCUT2D eigenvalue weighted by atomic mass is 35.5. The highest BCUT2D eigenvalue weighted by Gasteiger charge is 2.25. The molecule has 1 aromatic carbocycles. The number of halogens is 1. The van der Waals surface area contributed by atoms with E-state index in [1.54, 1.807) is 24.3 Å². The molecule has 4 nitrogen and oxygen atoms in total. The maximum atomic E-state index is 11.6. The van der Waals surface area contributed by atoms with Crippen LogP contribution in [0.4, 0.5) is 10.5 Å². The summed E-state index contributed by atoms with van der Waals surface area (Å²) in [6.45, 7) is 0.508. The Morgan fingerprint density at radius 3 is 2.94 bits per heavy atom. The summed E-state index contributed by atoms with van der Waals surface area (Å²) >= 11 is 5.82. The third-order valence-electron chi connectivity index (χ3n) is 3.23. The largest absolute Gasteiger partial charge is 0.393 e. The van der Waals surface area contributed by atoms with E-state index in [-0.39, 0.29) is 18.1 Å². The minimum absolute atomic E-state index is 0.176. The highest BCUT2D eigenvalue weighted by molar-refractivity contribution is 6.30. The summed E-state index contributed by atoms with van der Waals surface area (Å²) in [4.78, 5) is 11.6. The van der Waals surface area contributed by atoms with E-state index in [1.807, 2.05) is 0 Å². The molecule has 0 saturated heterocycles. The average molecular weight is 269 g/mol. The van der Waals surface area contributed by atoms with Crippen LogP contribution in [0.25, 0.3) is 0 Å². The number of aliphatic hydroxyl groups excluding tert-OH is 1. The van der Waals surface area contributed by atoms with Crippen molar-refractivity contribution >= 4 is 23.3 Å². The quantitative estimate of drug-likeness (QED) is 0.789. The predicted molar refractivity (Wildman–Crippen MR) is 71.8 cm³/mol. The number of anilines is 1. The topological polar surface area (TPSA) is 61.4 Å². The first-order valence-corrected chi connectivity index (χ1v) is 6.51. The third-order valence-corrected chi connectivity index (χ3v) is 3.46. The summed E-state index contributed by atoms with van der Waals surface area (Å²) in [5.74, 6) is 0.176. The first-order valence-electron chi connectivity index (χ1n) is 6.13. The van der Waals surface area contributed by atoms with Gasteiger partial charge in [0.05, 0.1) is 6.10 Å². The van der Waals surface area contributed by atoms with Crippen LogP contribution >= 0.6 is 11.6 Å². The van der Waals surface area contributed by atoms with Crippen molar-refractivity contribution in [2.45, 2.75) is 25.4 Å². The van der Waals surface area contributed by atoms with Crippen molar-refractivity contribution < 1.29 is 9.90 Å². The molecule has 2 atom stereocenters. The summed E-state index contributed by atoms with van der Waals surface area (Å²) in [7, 11) is 0. The smallest absolute Gasteiger partial charge is 0.319 e. The highest BCUT2D eigenvalue weighted by Crippen LogP contribution is 2.24. The van der Waals surface area contributed by atoms with Crippen LogP contribution in [0.3, 0.4) is 0 Å². The van der Waals surface area contributed by atoms with E-state index in [4.69, 9.17) is 11.6 Å². The van der Waals surface area contributed by atoms with E-state index < -0.39 is 0 Å². The fraction of sp³-hybridized carbons (Fsp3) is 0.462. The van der Waals surface area contributed by atoms with E-state index in [0.717, 1.165) is 19.3 Å². The predicted octanol–water partition coefficient (Wildman–Crippen LogP) is 2.62. The van der Waals surface area contributed by atoms with Crippen LogP contribution in [0.2, 0.25) is 5.02 Å². The Balaban J connectivity index is 1.78. The Hall–Kier alpha value is -1.26. The van der Waals surface area contributed by atoms with Crippen molar-refractivity contribution in [3.63, 3.8) is 0 Å². The van der Waals surface area contributed by atoms with Crippen molar-refractivity contribution in [2.24, 2.45) is 5.92 Å². The van der Waals surface area contributed by atoms with Gasteiger partial charge >= 0.3 is 6.03 Å². The molecule has 1 aliphatic carbocycles. The summed E-state index contributed by atoms with van der Waals surface area (Å²) in [5.41, 5.74) is 0.659. The molecule has 0 spiro atoms. The number of rotatable bonds is 3. The minimum atomic E-state index is -0.281. The zero-order chi connectivity index (χ0) is 13.0. The molecule has 0 heterocycles. The number of hydrogen-bond donors (Lipinski definition) is 3. The maximum Gasteiger partial charge on any atom is 0.319 e. The molecule has 1 saturated carbocycles. The molecule has 0 radical (unpaired) electrons. The lowest BCUT2D eigenvalue weighted by atomic mass is 10.1. The average Bonchev–Trinajstić information content (AvgIpc) is 2.72. The molecule has 98 valence electrons. The zero-order valence-corrected chi connectivity index (χ0v) is 10.8. The van der Waals surface area contributed by atoms with E-state index in [0.29, 0.717) is 17.3 Å². The van der Waals surface area contributed by atoms with Crippen LogP contribution in [0.1, 0.15) is 19.3 Å². The van der Waals surface area contributed by atoms with Crippen LogP contribution in [0, 0.1) is 5.92 Å². The van der Waals surface area contributed by atoms with Crippen LogP contribution in [-0.2, 0) is 0 Å². The molecule has 3 N–H and O–H groups in total. The van der Waals surface area contributed by atoms with Gasteiger partial charge in [-0.3, -0.25) is 0 Å². The molecule has 1 fully saturated rings. The molecule has 5 heteroatoms. The summed E-state index contributed by atoms with van der Waals surface area (Å²) in [5, 5.41) is 15.7. The molecule has 0 aliphatic heterocycles. The molecule has 18 heavy (non-hydrogen) atoms. The molecule has 2 amide bonds. The Bertz CT molecular complexity index is 425. The zero-order valence-electron chi connectivity index (χ0n) is 10.0. The number of benzene rings is 1. The Morgan fingerprint density at radius 2 is 2.28 bits per heavy atom. The van der Waals surface area contributed by atoms with Gasteiger partial charge in [0.25, 0.3) is 0 Å². The number of amides is 2. The van der Waals surface area contributed by atoms with Gasteiger partial charge in [-0.15, -0.1) is 0 Å². The van der Waals surface area contributed by atoms with Crippen LogP contribution in [0.5, 0.6) is 0 Å². The number of carbonyl (C=O) groups is 1. The second kappa shape index (κ2) is 6.07. The van der Waals surface area contributed by atoms with Gasteiger partial charge in [-0.2, -0.15) is 0 Å². The first-order chi connectivity index (χ1) is 8.65. The molecule has 2 rings (SSSR count). The molecular formula is C13H17ClN2O2. The van der Waals surface area contributed by atoms with Crippen molar-refractivity contribution in [3.8, 4) is 0 Å². The Kier molecular flexibility index (Phi) is 4.44. The lowest BCUT2D eigenvalue weighted by molar-refractivity contribution is 0.133. The van der Waals surface area contributed by atoms with E-state index >= 15 is 0 Å². The van der Waals surface area contributed by atoms with Crippen molar-refractivity contribution in [3.05, 3.63) is 29.3 Å². The van der Waals surface area contributed by atoms with Gasteiger partial charge in [0.15, 0.2) is 0 Å². The molecule has 0 aromatic heterocycles. The number of urea groups is 1. The van der Waals surface area contributed by atoms with Gasteiger partial charge in [-0.1, -0.05) is 24.1 Å².